The zero-order chi connectivity index (χ0) is 8.93. The maximum atomic E-state index is 8.70. The molecule has 2 bridgehead atoms. The van der Waals surface area contributed by atoms with Crippen molar-refractivity contribution in [2.45, 2.75) is 26.7 Å². The van der Waals surface area contributed by atoms with Crippen LogP contribution in [-0.2, 0) is 0 Å². The number of nitrogens with zero attached hydrogens (tertiary/aromatic N) is 1. The Balaban J connectivity index is 2.28. The maximum absolute atomic E-state index is 8.70. The lowest BCUT2D eigenvalue weighted by Gasteiger charge is -2.57. The van der Waals surface area contributed by atoms with Crippen LogP contribution < -0.4 is 0 Å². The summed E-state index contributed by atoms with van der Waals surface area (Å²) < 4.78 is 0. The van der Waals surface area contributed by atoms with Crippen molar-refractivity contribution in [3.8, 4) is 0 Å². The molecular formula is C10H15NO. The topological polar surface area (TPSA) is 32.6 Å². The van der Waals surface area contributed by atoms with Gasteiger partial charge in [0.05, 0.1) is 5.71 Å². The van der Waals surface area contributed by atoms with Crippen molar-refractivity contribution in [3.63, 3.8) is 0 Å². The molecule has 0 radical (unpaired) electrons. The van der Waals surface area contributed by atoms with E-state index < -0.39 is 0 Å². The third kappa shape index (κ3) is 0.728. The molecule has 0 aromatic carbocycles. The van der Waals surface area contributed by atoms with Crippen LogP contribution in [0.5, 0.6) is 0 Å². The third-order valence-corrected chi connectivity index (χ3v) is 3.82. The van der Waals surface area contributed by atoms with Crippen LogP contribution in [0.4, 0.5) is 0 Å². The van der Waals surface area contributed by atoms with Gasteiger partial charge in [0.1, 0.15) is 0 Å². The van der Waals surface area contributed by atoms with Crippen LogP contribution in [0.3, 0.4) is 0 Å². The molecule has 3 aliphatic carbocycles. The predicted octanol–water partition coefficient (Wildman–Crippen LogP) is 2.44. The summed E-state index contributed by atoms with van der Waals surface area (Å²) >= 11 is 0. The Morgan fingerprint density at radius 2 is 2.25 bits per heavy atom. The highest BCUT2D eigenvalue weighted by molar-refractivity contribution is 6.01. The van der Waals surface area contributed by atoms with Crippen LogP contribution in [0.2, 0.25) is 0 Å². The highest BCUT2D eigenvalue weighted by Gasteiger charge is 2.53. The summed E-state index contributed by atoms with van der Waals surface area (Å²) in [5, 5.41) is 12.0. The number of allylic oxidation sites excluding steroid dienone is 1. The quantitative estimate of drug-likeness (QED) is 0.434. The van der Waals surface area contributed by atoms with Crippen molar-refractivity contribution >= 4 is 5.71 Å². The van der Waals surface area contributed by atoms with Crippen molar-refractivity contribution in [1.29, 1.82) is 0 Å². The van der Waals surface area contributed by atoms with E-state index in [2.05, 4.69) is 25.6 Å². The van der Waals surface area contributed by atoms with Gasteiger partial charge in [0, 0.05) is 0 Å². The molecule has 0 spiro atoms. The van der Waals surface area contributed by atoms with E-state index in [9.17, 15) is 0 Å². The SMILES string of the molecule is C=C1C(=NO)CC2CC1C2(C)C. The molecule has 0 heterocycles. The maximum Gasteiger partial charge on any atom is 0.0827 e. The zero-order valence-corrected chi connectivity index (χ0v) is 7.67. The fourth-order valence-corrected chi connectivity index (χ4v) is 2.62. The second-order valence-corrected chi connectivity index (χ2v) is 4.58. The molecule has 3 fully saturated rings. The highest BCUT2D eigenvalue weighted by atomic mass is 16.4. The molecule has 1 N–H and O–H groups in total. The van der Waals surface area contributed by atoms with Gasteiger partial charge in [0.15, 0.2) is 0 Å². The second-order valence-electron chi connectivity index (χ2n) is 4.58. The Labute approximate surface area is 73.0 Å². The first-order valence-electron chi connectivity index (χ1n) is 4.47. The summed E-state index contributed by atoms with van der Waals surface area (Å²) in [5.74, 6) is 1.26. The van der Waals surface area contributed by atoms with Crippen LogP contribution >= 0.6 is 0 Å². The molecule has 2 atom stereocenters. The van der Waals surface area contributed by atoms with E-state index in [4.69, 9.17) is 5.21 Å². The monoisotopic (exact) mass is 165 g/mol. The summed E-state index contributed by atoms with van der Waals surface area (Å²) in [6.45, 7) is 8.56. The Hall–Kier alpha value is -0.790. The molecule has 0 aromatic rings. The van der Waals surface area contributed by atoms with Gasteiger partial charge in [-0.15, -0.1) is 0 Å². The zero-order valence-electron chi connectivity index (χ0n) is 7.67. The molecule has 2 heteroatoms. The Kier molecular flexibility index (Phi) is 1.39. The number of hydrogen-bond acceptors (Lipinski definition) is 2. The van der Waals surface area contributed by atoms with Crippen molar-refractivity contribution in [3.05, 3.63) is 12.2 Å². The van der Waals surface area contributed by atoms with E-state index in [1.165, 1.54) is 6.42 Å². The molecule has 0 amide bonds. The van der Waals surface area contributed by atoms with Crippen molar-refractivity contribution in [1.82, 2.24) is 0 Å². The van der Waals surface area contributed by atoms with Gasteiger partial charge in [-0.25, -0.2) is 0 Å². The lowest BCUT2D eigenvalue weighted by Crippen LogP contribution is -2.52. The van der Waals surface area contributed by atoms with E-state index in [0.29, 0.717) is 17.3 Å². The third-order valence-electron chi connectivity index (χ3n) is 3.82. The molecule has 66 valence electrons. The highest BCUT2D eigenvalue weighted by Crippen LogP contribution is 2.59. The second kappa shape index (κ2) is 2.12. The van der Waals surface area contributed by atoms with Crippen LogP contribution in [0.15, 0.2) is 17.3 Å². The van der Waals surface area contributed by atoms with Gasteiger partial charge in [0.2, 0.25) is 0 Å². The van der Waals surface area contributed by atoms with Gasteiger partial charge in [-0.3, -0.25) is 0 Å². The first-order valence-corrected chi connectivity index (χ1v) is 4.47. The minimum atomic E-state index is 0.394. The molecule has 3 aliphatic rings. The van der Waals surface area contributed by atoms with E-state index in [0.717, 1.165) is 17.7 Å². The summed E-state index contributed by atoms with van der Waals surface area (Å²) in [7, 11) is 0. The standard InChI is InChI=1S/C10H15NO/c1-6-8-4-7(10(8,2)3)5-9(6)11-12/h7-8,12H,1,4-5H2,2-3H3. The molecule has 0 saturated heterocycles. The first-order chi connectivity index (χ1) is 5.57. The fourth-order valence-electron chi connectivity index (χ4n) is 2.62. The van der Waals surface area contributed by atoms with Crippen LogP contribution in [-0.4, -0.2) is 10.9 Å². The van der Waals surface area contributed by atoms with Crippen LogP contribution in [0, 0.1) is 17.3 Å². The molecule has 3 rings (SSSR count). The average molecular weight is 165 g/mol. The molecule has 2 nitrogen and oxygen atoms in total. The number of oxime groups is 1. The lowest BCUT2D eigenvalue weighted by atomic mass is 9.47. The van der Waals surface area contributed by atoms with Gasteiger partial charge in [-0.1, -0.05) is 25.6 Å². The molecular weight excluding hydrogens is 150 g/mol. The first kappa shape index (κ1) is 7.84. The predicted molar refractivity (Wildman–Crippen MR) is 48.4 cm³/mol. The average Bonchev–Trinajstić information content (AvgIpc) is 2.03. The van der Waals surface area contributed by atoms with Gasteiger partial charge >= 0.3 is 0 Å². The Morgan fingerprint density at radius 3 is 2.67 bits per heavy atom. The van der Waals surface area contributed by atoms with Crippen molar-refractivity contribution in [2.24, 2.45) is 22.4 Å². The van der Waals surface area contributed by atoms with Crippen LogP contribution in [0.1, 0.15) is 26.7 Å². The molecule has 12 heavy (non-hydrogen) atoms. The molecule has 0 aromatic heterocycles. The van der Waals surface area contributed by atoms with E-state index in [-0.39, 0.29) is 0 Å². The molecule has 0 aliphatic heterocycles. The summed E-state index contributed by atoms with van der Waals surface area (Å²) in [4.78, 5) is 0. The molecule has 3 saturated carbocycles. The number of hydrogen-bond donors (Lipinski definition) is 1. The fraction of sp³-hybridized carbons (Fsp3) is 0.700. The minimum absolute atomic E-state index is 0.394. The number of rotatable bonds is 0. The summed E-state index contributed by atoms with van der Waals surface area (Å²) in [6.07, 6.45) is 2.16. The lowest BCUT2D eigenvalue weighted by molar-refractivity contribution is 0.000700. The smallest absolute Gasteiger partial charge is 0.0827 e. The number of fused-ring (bicyclic) bond motifs is 2. The summed E-state index contributed by atoms with van der Waals surface area (Å²) in [5.41, 5.74) is 2.28. The normalized spacial score (nSPS) is 41.2. The van der Waals surface area contributed by atoms with Gasteiger partial charge in [0.25, 0.3) is 0 Å². The van der Waals surface area contributed by atoms with Gasteiger partial charge < -0.3 is 5.21 Å². The van der Waals surface area contributed by atoms with Crippen molar-refractivity contribution < 1.29 is 5.21 Å². The Bertz CT molecular complexity index is 265. The minimum Gasteiger partial charge on any atom is -0.411 e. The molecule has 2 unspecified atom stereocenters. The van der Waals surface area contributed by atoms with Gasteiger partial charge in [-0.2, -0.15) is 0 Å². The van der Waals surface area contributed by atoms with Gasteiger partial charge in [-0.05, 0) is 35.7 Å². The van der Waals surface area contributed by atoms with E-state index in [1.807, 2.05) is 0 Å². The Morgan fingerprint density at radius 1 is 1.58 bits per heavy atom. The van der Waals surface area contributed by atoms with Crippen LogP contribution in [0.25, 0.3) is 0 Å². The largest absolute Gasteiger partial charge is 0.411 e. The van der Waals surface area contributed by atoms with E-state index >= 15 is 0 Å². The van der Waals surface area contributed by atoms with E-state index in [1.54, 1.807) is 0 Å². The van der Waals surface area contributed by atoms with Crippen molar-refractivity contribution in [2.75, 3.05) is 0 Å². The summed E-state index contributed by atoms with van der Waals surface area (Å²) in [6, 6.07) is 0.